The number of aliphatic hydroxyl groups is 1. The number of likely N-dealkylation sites (N-methyl/N-ethyl adjacent to an activating group) is 1. The number of hydrogen-bond donors (Lipinski definition) is 1. The van der Waals surface area contributed by atoms with Crippen molar-refractivity contribution in [1.82, 2.24) is 4.90 Å². The largest absolute Gasteiger partial charge is 0.493 e. The summed E-state index contributed by atoms with van der Waals surface area (Å²) in [6, 6.07) is 5.28. The Morgan fingerprint density at radius 2 is 1.95 bits per heavy atom. The standard InChI is InChI=1S/C15H23NO4/c1-10(2)16(4)15(18)9-20-13-7-6-12(11(3)17)8-14(13)19-5/h6-8,10-11,17H,9H2,1-5H3. The summed E-state index contributed by atoms with van der Waals surface area (Å²) in [6.07, 6.45) is -0.577. The monoisotopic (exact) mass is 281 g/mol. The maximum Gasteiger partial charge on any atom is 0.260 e. The van der Waals surface area contributed by atoms with Crippen molar-refractivity contribution in [3.8, 4) is 11.5 Å². The average Bonchev–Trinajstić information content (AvgIpc) is 2.43. The molecule has 0 aliphatic rings. The molecule has 0 aliphatic carbocycles. The maximum atomic E-state index is 11.9. The summed E-state index contributed by atoms with van der Waals surface area (Å²) in [5.41, 5.74) is 0.736. The zero-order valence-electron chi connectivity index (χ0n) is 12.7. The lowest BCUT2D eigenvalue weighted by atomic mass is 10.1. The molecule has 0 fully saturated rings. The first-order valence-electron chi connectivity index (χ1n) is 6.61. The zero-order valence-corrected chi connectivity index (χ0v) is 12.7. The number of ether oxygens (including phenoxy) is 2. The van der Waals surface area contributed by atoms with Crippen LogP contribution < -0.4 is 9.47 Å². The summed E-state index contributed by atoms with van der Waals surface area (Å²) in [5.74, 6) is 0.896. The van der Waals surface area contributed by atoms with E-state index in [9.17, 15) is 9.90 Å². The van der Waals surface area contributed by atoms with E-state index in [1.165, 1.54) is 7.11 Å². The van der Waals surface area contributed by atoms with Gasteiger partial charge in [-0.2, -0.15) is 0 Å². The van der Waals surface area contributed by atoms with Crippen molar-refractivity contribution >= 4 is 5.91 Å². The molecule has 1 unspecified atom stereocenters. The fourth-order valence-electron chi connectivity index (χ4n) is 1.59. The highest BCUT2D eigenvalue weighted by molar-refractivity contribution is 5.77. The summed E-state index contributed by atoms with van der Waals surface area (Å²) in [5, 5.41) is 9.53. The van der Waals surface area contributed by atoms with Gasteiger partial charge in [0, 0.05) is 13.1 Å². The van der Waals surface area contributed by atoms with E-state index in [0.717, 1.165) is 5.56 Å². The van der Waals surface area contributed by atoms with E-state index in [1.807, 2.05) is 13.8 Å². The second-order valence-electron chi connectivity index (χ2n) is 4.97. The first-order chi connectivity index (χ1) is 9.36. The summed E-state index contributed by atoms with van der Waals surface area (Å²) in [7, 11) is 3.26. The van der Waals surface area contributed by atoms with Crippen LogP contribution in [0.5, 0.6) is 11.5 Å². The Hall–Kier alpha value is -1.75. The number of benzene rings is 1. The van der Waals surface area contributed by atoms with Gasteiger partial charge in [0.1, 0.15) is 0 Å². The smallest absolute Gasteiger partial charge is 0.260 e. The normalized spacial score (nSPS) is 12.2. The first kappa shape index (κ1) is 16.3. The van der Waals surface area contributed by atoms with Crippen molar-refractivity contribution in [3.63, 3.8) is 0 Å². The number of nitrogens with zero attached hydrogens (tertiary/aromatic N) is 1. The molecule has 5 nitrogen and oxygen atoms in total. The minimum Gasteiger partial charge on any atom is -0.493 e. The summed E-state index contributed by atoms with van der Waals surface area (Å²) in [6.45, 7) is 5.52. The van der Waals surface area contributed by atoms with Gasteiger partial charge in [-0.15, -0.1) is 0 Å². The van der Waals surface area contributed by atoms with Crippen LogP contribution in [0.3, 0.4) is 0 Å². The molecule has 1 atom stereocenters. The Kier molecular flexibility index (Phi) is 5.82. The molecule has 1 rings (SSSR count). The third-order valence-corrected chi connectivity index (χ3v) is 3.19. The molecule has 0 aliphatic heterocycles. The zero-order chi connectivity index (χ0) is 15.3. The number of rotatable bonds is 6. The van der Waals surface area contributed by atoms with Gasteiger partial charge in [0.15, 0.2) is 18.1 Å². The van der Waals surface area contributed by atoms with Gasteiger partial charge in [0.2, 0.25) is 0 Å². The minimum absolute atomic E-state index is 0.0426. The van der Waals surface area contributed by atoms with Crippen LogP contribution in [0.1, 0.15) is 32.4 Å². The van der Waals surface area contributed by atoms with Crippen LogP contribution in [0.4, 0.5) is 0 Å². The Morgan fingerprint density at radius 1 is 1.30 bits per heavy atom. The number of carbonyl (C=O) groups is 1. The van der Waals surface area contributed by atoms with Gasteiger partial charge in [-0.3, -0.25) is 4.79 Å². The lowest BCUT2D eigenvalue weighted by Gasteiger charge is -2.21. The predicted molar refractivity (Wildman–Crippen MR) is 77.0 cm³/mol. The van der Waals surface area contributed by atoms with Crippen molar-refractivity contribution in [1.29, 1.82) is 0 Å². The van der Waals surface area contributed by atoms with Crippen LogP contribution in [-0.4, -0.2) is 42.7 Å². The summed E-state index contributed by atoms with van der Waals surface area (Å²) < 4.78 is 10.7. The van der Waals surface area contributed by atoms with Crippen LogP contribution >= 0.6 is 0 Å². The molecule has 0 aromatic heterocycles. The highest BCUT2D eigenvalue weighted by Gasteiger charge is 2.14. The van der Waals surface area contributed by atoms with Gasteiger partial charge in [0.05, 0.1) is 13.2 Å². The van der Waals surface area contributed by atoms with Crippen LogP contribution in [0.25, 0.3) is 0 Å². The average molecular weight is 281 g/mol. The molecular weight excluding hydrogens is 258 g/mol. The third kappa shape index (κ3) is 4.13. The number of amides is 1. The highest BCUT2D eigenvalue weighted by atomic mass is 16.5. The van der Waals surface area contributed by atoms with Gasteiger partial charge in [0.25, 0.3) is 5.91 Å². The molecule has 0 saturated carbocycles. The third-order valence-electron chi connectivity index (χ3n) is 3.19. The van der Waals surface area contributed by atoms with Gasteiger partial charge < -0.3 is 19.5 Å². The number of aliphatic hydroxyl groups excluding tert-OH is 1. The van der Waals surface area contributed by atoms with Crippen LogP contribution in [-0.2, 0) is 4.79 Å². The van der Waals surface area contributed by atoms with Crippen LogP contribution in [0.2, 0.25) is 0 Å². The van der Waals surface area contributed by atoms with Crippen molar-refractivity contribution in [2.45, 2.75) is 32.9 Å². The molecule has 20 heavy (non-hydrogen) atoms. The lowest BCUT2D eigenvalue weighted by Crippen LogP contribution is -2.36. The lowest BCUT2D eigenvalue weighted by molar-refractivity contribution is -0.133. The number of carbonyl (C=O) groups excluding carboxylic acids is 1. The van der Waals surface area contributed by atoms with E-state index in [0.29, 0.717) is 11.5 Å². The molecule has 0 spiro atoms. The van der Waals surface area contributed by atoms with Gasteiger partial charge in [-0.05, 0) is 38.5 Å². The number of methoxy groups -OCH3 is 1. The second-order valence-corrected chi connectivity index (χ2v) is 4.97. The fraction of sp³-hybridized carbons (Fsp3) is 0.533. The summed E-state index contributed by atoms with van der Waals surface area (Å²) in [4.78, 5) is 13.5. The maximum absolute atomic E-state index is 11.9. The van der Waals surface area contributed by atoms with E-state index in [2.05, 4.69) is 0 Å². The highest BCUT2D eigenvalue weighted by Crippen LogP contribution is 2.30. The molecule has 1 amide bonds. The van der Waals surface area contributed by atoms with Crippen molar-refractivity contribution in [2.24, 2.45) is 0 Å². The van der Waals surface area contributed by atoms with Crippen molar-refractivity contribution in [3.05, 3.63) is 23.8 Å². The number of hydrogen-bond acceptors (Lipinski definition) is 4. The van der Waals surface area contributed by atoms with Crippen LogP contribution in [0.15, 0.2) is 18.2 Å². The summed E-state index contributed by atoms with van der Waals surface area (Å²) >= 11 is 0. The Morgan fingerprint density at radius 3 is 2.45 bits per heavy atom. The molecule has 0 radical (unpaired) electrons. The van der Waals surface area contributed by atoms with Gasteiger partial charge in [-0.1, -0.05) is 6.07 Å². The minimum atomic E-state index is -0.577. The fourth-order valence-corrected chi connectivity index (χ4v) is 1.59. The van der Waals surface area contributed by atoms with Gasteiger partial charge in [-0.25, -0.2) is 0 Å². The molecule has 112 valence electrons. The molecule has 0 heterocycles. The molecule has 0 saturated heterocycles. The Balaban J connectivity index is 2.75. The quantitative estimate of drug-likeness (QED) is 0.866. The molecular formula is C15H23NO4. The molecule has 1 aromatic rings. The second kappa shape index (κ2) is 7.14. The molecule has 1 aromatic carbocycles. The van der Waals surface area contributed by atoms with E-state index in [1.54, 1.807) is 37.1 Å². The predicted octanol–water partition coefficient (Wildman–Crippen LogP) is 1.99. The van der Waals surface area contributed by atoms with E-state index in [-0.39, 0.29) is 18.6 Å². The Bertz CT molecular complexity index is 457. The van der Waals surface area contributed by atoms with Crippen molar-refractivity contribution < 1.29 is 19.4 Å². The van der Waals surface area contributed by atoms with Crippen LogP contribution in [0, 0.1) is 0 Å². The molecule has 5 heteroatoms. The molecule has 0 bridgehead atoms. The van der Waals surface area contributed by atoms with E-state index in [4.69, 9.17) is 9.47 Å². The molecule has 1 N–H and O–H groups in total. The van der Waals surface area contributed by atoms with E-state index < -0.39 is 6.10 Å². The first-order valence-corrected chi connectivity index (χ1v) is 6.61. The topological polar surface area (TPSA) is 59.0 Å². The van der Waals surface area contributed by atoms with E-state index >= 15 is 0 Å². The van der Waals surface area contributed by atoms with Crippen molar-refractivity contribution in [2.75, 3.05) is 20.8 Å². The van der Waals surface area contributed by atoms with Gasteiger partial charge >= 0.3 is 0 Å². The SMILES string of the molecule is COc1cc(C(C)O)ccc1OCC(=O)N(C)C(C)C. The Labute approximate surface area is 120 Å².